The molecular formula is C9H17IN2O2. The molecule has 4 nitrogen and oxygen atoms in total. The summed E-state index contributed by atoms with van der Waals surface area (Å²) in [7, 11) is 0. The van der Waals surface area contributed by atoms with Crippen LogP contribution in [0, 0.1) is 0 Å². The Kier molecular flexibility index (Phi) is 4.00. The molecule has 82 valence electrons. The van der Waals surface area contributed by atoms with Gasteiger partial charge in [-0.2, -0.15) is 0 Å². The summed E-state index contributed by atoms with van der Waals surface area (Å²) < 4.78 is 6.92. The predicted octanol–water partition coefficient (Wildman–Crippen LogP) is 1.94. The highest BCUT2D eigenvalue weighted by molar-refractivity contribution is 14.1. The number of halogens is 1. The third-order valence-corrected chi connectivity index (χ3v) is 3.10. The van der Waals surface area contributed by atoms with Crippen molar-refractivity contribution in [2.75, 3.05) is 13.1 Å². The summed E-state index contributed by atoms with van der Waals surface area (Å²) in [6.45, 7) is 7.47. The summed E-state index contributed by atoms with van der Waals surface area (Å²) in [6, 6.07) is 0.269. The molecule has 0 saturated carbocycles. The van der Waals surface area contributed by atoms with E-state index >= 15 is 0 Å². The van der Waals surface area contributed by atoms with Crippen LogP contribution in [0.1, 0.15) is 27.2 Å². The molecule has 0 aromatic carbocycles. The van der Waals surface area contributed by atoms with E-state index < -0.39 is 5.60 Å². The second-order valence-electron chi connectivity index (χ2n) is 4.44. The fourth-order valence-electron chi connectivity index (χ4n) is 1.29. The van der Waals surface area contributed by atoms with Crippen molar-refractivity contribution in [3.63, 3.8) is 0 Å². The zero-order valence-corrected chi connectivity index (χ0v) is 11.0. The summed E-state index contributed by atoms with van der Waals surface area (Å²) in [4.78, 5) is 11.6. The van der Waals surface area contributed by atoms with Crippen LogP contribution < -0.4 is 5.32 Å². The highest BCUT2D eigenvalue weighted by atomic mass is 127. The Hall–Kier alpha value is -0.0400. The minimum atomic E-state index is -0.410. The van der Waals surface area contributed by atoms with Crippen molar-refractivity contribution in [1.82, 2.24) is 8.43 Å². The van der Waals surface area contributed by atoms with Gasteiger partial charge in [0.2, 0.25) is 0 Å². The van der Waals surface area contributed by atoms with E-state index in [-0.39, 0.29) is 12.1 Å². The molecule has 0 aliphatic carbocycles. The first-order chi connectivity index (χ1) is 6.40. The van der Waals surface area contributed by atoms with Crippen LogP contribution in [0.25, 0.3) is 0 Å². The van der Waals surface area contributed by atoms with Gasteiger partial charge in [0.1, 0.15) is 5.60 Å². The number of hydrogen-bond donors (Lipinski definition) is 1. The lowest BCUT2D eigenvalue weighted by Gasteiger charge is -2.26. The molecule has 1 aliphatic heterocycles. The lowest BCUT2D eigenvalue weighted by molar-refractivity contribution is 0.0393. The quantitative estimate of drug-likeness (QED) is 0.594. The number of nitrogens with zero attached hydrogens (tertiary/aromatic N) is 1. The van der Waals surface area contributed by atoms with Gasteiger partial charge < -0.3 is 10.1 Å². The zero-order valence-electron chi connectivity index (χ0n) is 8.84. The molecule has 1 rings (SSSR count). The Labute approximate surface area is 98.9 Å². The predicted molar refractivity (Wildman–Crippen MR) is 63.4 cm³/mol. The van der Waals surface area contributed by atoms with Crippen LogP contribution >= 0.6 is 22.9 Å². The maximum absolute atomic E-state index is 11.6. The second-order valence-corrected chi connectivity index (χ2v) is 5.48. The molecule has 0 bridgehead atoms. The molecule has 1 N–H and O–H groups in total. The summed E-state index contributed by atoms with van der Waals surface area (Å²) in [5.41, 5.74) is -0.410. The van der Waals surface area contributed by atoms with E-state index in [2.05, 4.69) is 5.32 Å². The highest BCUT2D eigenvalue weighted by Crippen LogP contribution is 2.18. The molecule has 1 fully saturated rings. The zero-order chi connectivity index (χ0) is 10.8. The van der Waals surface area contributed by atoms with Gasteiger partial charge >= 0.3 is 6.09 Å². The van der Waals surface area contributed by atoms with Crippen molar-refractivity contribution >= 4 is 29.0 Å². The van der Waals surface area contributed by atoms with E-state index in [9.17, 15) is 4.79 Å². The largest absolute Gasteiger partial charge is 0.443 e. The van der Waals surface area contributed by atoms with Gasteiger partial charge in [-0.15, -0.1) is 0 Å². The standard InChI is InChI=1S/C9H17IN2O2/c1-9(2,3)14-8(13)12(10)7-4-5-11-6-7/h7,11H,4-6H2,1-3H3/t7-/m1/s1. The van der Waals surface area contributed by atoms with E-state index in [0.29, 0.717) is 0 Å². The van der Waals surface area contributed by atoms with E-state index in [1.807, 2.05) is 43.6 Å². The monoisotopic (exact) mass is 312 g/mol. The first-order valence-electron chi connectivity index (χ1n) is 4.79. The van der Waals surface area contributed by atoms with Crippen molar-refractivity contribution < 1.29 is 9.53 Å². The molecule has 5 heteroatoms. The molecule has 0 unspecified atom stereocenters. The SMILES string of the molecule is CC(C)(C)OC(=O)N(I)[C@@H]1CCNC1. The van der Waals surface area contributed by atoms with Gasteiger partial charge in [-0.05, 0) is 33.7 Å². The normalized spacial score (nSPS) is 22.1. The average Bonchev–Trinajstić information content (AvgIpc) is 2.51. The van der Waals surface area contributed by atoms with Crippen molar-refractivity contribution in [3.05, 3.63) is 0 Å². The number of amides is 1. The third-order valence-electron chi connectivity index (χ3n) is 1.92. The number of ether oxygens (including phenoxy) is 1. The summed E-state index contributed by atoms with van der Waals surface area (Å²) in [6.07, 6.45) is 0.758. The summed E-state index contributed by atoms with van der Waals surface area (Å²) in [5.74, 6) is 0. The van der Waals surface area contributed by atoms with Gasteiger partial charge in [0.25, 0.3) is 0 Å². The first-order valence-corrected chi connectivity index (χ1v) is 5.75. The number of rotatable bonds is 1. The smallest absolute Gasteiger partial charge is 0.419 e. The van der Waals surface area contributed by atoms with Crippen molar-refractivity contribution in [2.24, 2.45) is 0 Å². The Balaban J connectivity index is 2.43. The van der Waals surface area contributed by atoms with E-state index in [1.165, 1.54) is 0 Å². The van der Waals surface area contributed by atoms with Crippen LogP contribution in [-0.4, -0.2) is 33.9 Å². The molecule has 1 saturated heterocycles. The fourth-order valence-corrected chi connectivity index (χ4v) is 1.86. The van der Waals surface area contributed by atoms with Gasteiger partial charge in [0, 0.05) is 6.54 Å². The van der Waals surface area contributed by atoms with Crippen LogP contribution in [-0.2, 0) is 4.74 Å². The Morgan fingerprint density at radius 3 is 2.64 bits per heavy atom. The molecule has 0 spiro atoms. The maximum atomic E-state index is 11.6. The molecule has 1 amide bonds. The van der Waals surface area contributed by atoms with E-state index in [1.54, 1.807) is 3.11 Å². The number of hydrogen-bond acceptors (Lipinski definition) is 3. The van der Waals surface area contributed by atoms with Crippen LogP contribution in [0.15, 0.2) is 0 Å². The Morgan fingerprint density at radius 1 is 1.57 bits per heavy atom. The van der Waals surface area contributed by atoms with E-state index in [0.717, 1.165) is 19.5 Å². The lowest BCUT2D eigenvalue weighted by Crippen LogP contribution is -2.37. The fraction of sp³-hybridized carbons (Fsp3) is 0.889. The van der Waals surface area contributed by atoms with Crippen LogP contribution in [0.2, 0.25) is 0 Å². The topological polar surface area (TPSA) is 41.6 Å². The van der Waals surface area contributed by atoms with Crippen LogP contribution in [0.4, 0.5) is 4.79 Å². The maximum Gasteiger partial charge on any atom is 0.419 e. The molecule has 1 atom stereocenters. The molecule has 0 aromatic rings. The van der Waals surface area contributed by atoms with Gasteiger partial charge in [-0.3, -0.25) is 0 Å². The molecule has 14 heavy (non-hydrogen) atoms. The van der Waals surface area contributed by atoms with E-state index in [4.69, 9.17) is 4.74 Å². The van der Waals surface area contributed by atoms with Gasteiger partial charge in [0.05, 0.1) is 28.9 Å². The van der Waals surface area contributed by atoms with Crippen molar-refractivity contribution in [1.29, 1.82) is 0 Å². The summed E-state index contributed by atoms with van der Waals surface area (Å²) in [5, 5.41) is 3.22. The van der Waals surface area contributed by atoms with Gasteiger partial charge in [-0.1, -0.05) is 0 Å². The number of nitrogens with one attached hydrogen (secondary N) is 1. The highest BCUT2D eigenvalue weighted by Gasteiger charge is 2.28. The van der Waals surface area contributed by atoms with Crippen molar-refractivity contribution in [3.8, 4) is 0 Å². The van der Waals surface area contributed by atoms with Gasteiger partial charge in [-0.25, -0.2) is 7.91 Å². The Bertz CT molecular complexity index is 209. The second kappa shape index (κ2) is 4.65. The molecule has 0 aromatic heterocycles. The van der Waals surface area contributed by atoms with Crippen LogP contribution in [0.3, 0.4) is 0 Å². The molecule has 1 heterocycles. The third kappa shape index (κ3) is 3.61. The summed E-state index contributed by atoms with van der Waals surface area (Å²) >= 11 is 2.03. The van der Waals surface area contributed by atoms with Gasteiger partial charge in [0.15, 0.2) is 0 Å². The molecule has 0 radical (unpaired) electrons. The van der Waals surface area contributed by atoms with Crippen LogP contribution in [0.5, 0.6) is 0 Å². The number of carbonyl (C=O) groups is 1. The molecular weight excluding hydrogens is 295 g/mol. The lowest BCUT2D eigenvalue weighted by atomic mass is 10.2. The minimum absolute atomic E-state index is 0.244. The average molecular weight is 312 g/mol. The number of carbonyl (C=O) groups excluding carboxylic acids is 1. The van der Waals surface area contributed by atoms with Crippen molar-refractivity contribution in [2.45, 2.75) is 38.8 Å². The first kappa shape index (κ1) is 12.0. The minimum Gasteiger partial charge on any atom is -0.443 e. The molecule has 1 aliphatic rings. The Morgan fingerprint density at radius 2 is 2.21 bits per heavy atom.